The molecular formula is C12H14N2OS. The lowest BCUT2D eigenvalue weighted by molar-refractivity contribution is 0.0858. The minimum atomic E-state index is -0.357. The summed E-state index contributed by atoms with van der Waals surface area (Å²) < 4.78 is 0.965. The summed E-state index contributed by atoms with van der Waals surface area (Å²) in [7, 11) is 0. The Morgan fingerprint density at radius 3 is 2.69 bits per heavy atom. The number of fused-ring (bicyclic) bond motifs is 1. The van der Waals surface area contributed by atoms with Crippen LogP contribution in [0.4, 0.5) is 5.13 Å². The van der Waals surface area contributed by atoms with Crippen LogP contribution in [0.25, 0.3) is 10.2 Å². The van der Waals surface area contributed by atoms with Crippen LogP contribution in [-0.2, 0) is 0 Å². The maximum atomic E-state index is 12.1. The van der Waals surface area contributed by atoms with Gasteiger partial charge < -0.3 is 5.73 Å². The van der Waals surface area contributed by atoms with E-state index >= 15 is 0 Å². The number of hydrogen-bond donors (Lipinski definition) is 1. The van der Waals surface area contributed by atoms with Crippen molar-refractivity contribution >= 4 is 32.5 Å². The fourth-order valence-corrected chi connectivity index (χ4v) is 2.29. The summed E-state index contributed by atoms with van der Waals surface area (Å²) in [6.07, 6.45) is 0. The van der Waals surface area contributed by atoms with Crippen LogP contribution in [0.3, 0.4) is 0 Å². The first kappa shape index (κ1) is 11.1. The van der Waals surface area contributed by atoms with E-state index in [4.69, 9.17) is 5.73 Å². The summed E-state index contributed by atoms with van der Waals surface area (Å²) in [5, 5.41) is 0.537. The number of carbonyl (C=O) groups is 1. The molecule has 1 heterocycles. The van der Waals surface area contributed by atoms with E-state index in [1.807, 2.05) is 39.0 Å². The predicted octanol–water partition coefficient (Wildman–Crippen LogP) is 3.11. The number of aromatic nitrogens is 1. The molecule has 0 aliphatic rings. The monoisotopic (exact) mass is 234 g/mol. The van der Waals surface area contributed by atoms with Crippen LogP contribution in [-0.4, -0.2) is 10.8 Å². The fourth-order valence-electron chi connectivity index (χ4n) is 1.52. The van der Waals surface area contributed by atoms with Crippen molar-refractivity contribution in [2.75, 3.05) is 5.73 Å². The molecule has 16 heavy (non-hydrogen) atoms. The Kier molecular flexibility index (Phi) is 2.46. The standard InChI is InChI=1S/C12H14N2OS/c1-12(2,3)10(15)7-4-5-8-9(6-7)16-11(13)14-8/h4-6H,1-3H3,(H2,13,14). The van der Waals surface area contributed by atoms with E-state index in [0.717, 1.165) is 15.8 Å². The molecule has 2 N–H and O–H groups in total. The van der Waals surface area contributed by atoms with E-state index in [9.17, 15) is 4.79 Å². The molecule has 2 rings (SSSR count). The van der Waals surface area contributed by atoms with Crippen molar-refractivity contribution in [1.82, 2.24) is 4.98 Å². The molecule has 1 aromatic heterocycles. The van der Waals surface area contributed by atoms with Crippen molar-refractivity contribution in [1.29, 1.82) is 0 Å². The third-order valence-electron chi connectivity index (χ3n) is 2.35. The molecule has 0 saturated heterocycles. The third-order valence-corrected chi connectivity index (χ3v) is 3.20. The van der Waals surface area contributed by atoms with E-state index in [1.54, 1.807) is 0 Å². The number of carbonyl (C=O) groups excluding carboxylic acids is 1. The Balaban J connectivity index is 2.51. The molecule has 0 amide bonds. The molecule has 3 nitrogen and oxygen atoms in total. The molecule has 0 radical (unpaired) electrons. The van der Waals surface area contributed by atoms with Gasteiger partial charge in [0.15, 0.2) is 10.9 Å². The topological polar surface area (TPSA) is 56.0 Å². The highest BCUT2D eigenvalue weighted by Gasteiger charge is 2.23. The first-order valence-electron chi connectivity index (χ1n) is 5.09. The van der Waals surface area contributed by atoms with E-state index in [0.29, 0.717) is 5.13 Å². The molecule has 0 aliphatic heterocycles. The summed E-state index contributed by atoms with van der Waals surface area (Å²) in [6, 6.07) is 5.53. The highest BCUT2D eigenvalue weighted by Crippen LogP contribution is 2.27. The zero-order chi connectivity index (χ0) is 11.9. The second-order valence-corrected chi connectivity index (χ2v) is 5.88. The van der Waals surface area contributed by atoms with E-state index in [1.165, 1.54) is 11.3 Å². The lowest BCUT2D eigenvalue weighted by atomic mass is 9.86. The number of anilines is 1. The van der Waals surface area contributed by atoms with Crippen molar-refractivity contribution in [3.63, 3.8) is 0 Å². The van der Waals surface area contributed by atoms with Gasteiger partial charge in [0.1, 0.15) is 0 Å². The molecule has 2 aromatic rings. The highest BCUT2D eigenvalue weighted by atomic mass is 32.1. The number of hydrogen-bond acceptors (Lipinski definition) is 4. The zero-order valence-corrected chi connectivity index (χ0v) is 10.4. The Bertz CT molecular complexity index is 552. The molecule has 0 unspecified atom stereocenters. The summed E-state index contributed by atoms with van der Waals surface area (Å²) >= 11 is 1.41. The van der Waals surface area contributed by atoms with Crippen LogP contribution in [0.15, 0.2) is 18.2 Å². The molecule has 0 atom stereocenters. The number of thiazole rings is 1. The number of rotatable bonds is 1. The average molecular weight is 234 g/mol. The number of Topliss-reactive ketones (excluding diaryl/α,β-unsaturated/α-hetero) is 1. The molecule has 1 aromatic carbocycles. The first-order valence-corrected chi connectivity index (χ1v) is 5.90. The molecule has 0 fully saturated rings. The SMILES string of the molecule is CC(C)(C)C(=O)c1ccc2nc(N)sc2c1. The maximum Gasteiger partial charge on any atom is 0.181 e. The van der Waals surface area contributed by atoms with Crippen LogP contribution < -0.4 is 5.73 Å². The van der Waals surface area contributed by atoms with Crippen molar-refractivity contribution in [3.05, 3.63) is 23.8 Å². The van der Waals surface area contributed by atoms with Crippen molar-refractivity contribution in [2.24, 2.45) is 5.41 Å². The Morgan fingerprint density at radius 2 is 2.06 bits per heavy atom. The van der Waals surface area contributed by atoms with Crippen LogP contribution in [0.2, 0.25) is 0 Å². The van der Waals surface area contributed by atoms with Gasteiger partial charge in [0.25, 0.3) is 0 Å². The summed E-state index contributed by atoms with van der Waals surface area (Å²) in [4.78, 5) is 16.2. The van der Waals surface area contributed by atoms with Gasteiger partial charge in [-0.2, -0.15) is 0 Å². The molecule has 0 spiro atoms. The van der Waals surface area contributed by atoms with Gasteiger partial charge in [-0.3, -0.25) is 4.79 Å². The van der Waals surface area contributed by atoms with Gasteiger partial charge in [-0.25, -0.2) is 4.98 Å². The van der Waals surface area contributed by atoms with Gasteiger partial charge >= 0.3 is 0 Å². The molecule has 0 aliphatic carbocycles. The van der Waals surface area contributed by atoms with E-state index in [2.05, 4.69) is 4.98 Å². The van der Waals surface area contributed by atoms with Crippen LogP contribution in [0.5, 0.6) is 0 Å². The van der Waals surface area contributed by atoms with Crippen molar-refractivity contribution in [2.45, 2.75) is 20.8 Å². The van der Waals surface area contributed by atoms with E-state index in [-0.39, 0.29) is 11.2 Å². The van der Waals surface area contributed by atoms with Gasteiger partial charge in [0.2, 0.25) is 0 Å². The number of nitrogens with two attached hydrogens (primary N) is 1. The normalized spacial score (nSPS) is 11.9. The fraction of sp³-hybridized carbons (Fsp3) is 0.333. The highest BCUT2D eigenvalue weighted by molar-refractivity contribution is 7.22. The molecule has 0 saturated carbocycles. The average Bonchev–Trinajstić information content (AvgIpc) is 2.54. The minimum Gasteiger partial charge on any atom is -0.375 e. The van der Waals surface area contributed by atoms with Crippen LogP contribution in [0.1, 0.15) is 31.1 Å². The largest absolute Gasteiger partial charge is 0.375 e. The third kappa shape index (κ3) is 1.93. The van der Waals surface area contributed by atoms with Gasteiger partial charge in [-0.1, -0.05) is 32.1 Å². The quantitative estimate of drug-likeness (QED) is 0.771. The maximum absolute atomic E-state index is 12.1. The van der Waals surface area contributed by atoms with Gasteiger partial charge in [0, 0.05) is 11.0 Å². The summed E-state index contributed by atoms with van der Waals surface area (Å²) in [5.74, 6) is 0.140. The Hall–Kier alpha value is -1.42. The van der Waals surface area contributed by atoms with E-state index < -0.39 is 0 Å². The molecular weight excluding hydrogens is 220 g/mol. The number of nitrogens with zero attached hydrogens (tertiary/aromatic N) is 1. The van der Waals surface area contributed by atoms with Gasteiger partial charge in [0.05, 0.1) is 10.2 Å². The predicted molar refractivity (Wildman–Crippen MR) is 67.8 cm³/mol. The summed E-state index contributed by atoms with van der Waals surface area (Å²) in [5.41, 5.74) is 6.85. The lowest BCUT2D eigenvalue weighted by Gasteiger charge is -2.16. The van der Waals surface area contributed by atoms with Crippen molar-refractivity contribution < 1.29 is 4.79 Å². The zero-order valence-electron chi connectivity index (χ0n) is 9.57. The number of ketones is 1. The van der Waals surface area contributed by atoms with Crippen molar-refractivity contribution in [3.8, 4) is 0 Å². The molecule has 4 heteroatoms. The minimum absolute atomic E-state index is 0.140. The Morgan fingerprint density at radius 1 is 1.38 bits per heavy atom. The second-order valence-electron chi connectivity index (χ2n) is 4.81. The van der Waals surface area contributed by atoms with Gasteiger partial charge in [-0.15, -0.1) is 0 Å². The Labute approximate surface area is 98.3 Å². The van der Waals surface area contributed by atoms with Crippen LogP contribution >= 0.6 is 11.3 Å². The van der Waals surface area contributed by atoms with Crippen LogP contribution in [0, 0.1) is 5.41 Å². The summed E-state index contributed by atoms with van der Waals surface area (Å²) in [6.45, 7) is 5.75. The second kappa shape index (κ2) is 3.56. The van der Waals surface area contributed by atoms with Gasteiger partial charge in [-0.05, 0) is 18.2 Å². The number of benzene rings is 1. The molecule has 0 bridgehead atoms. The first-order chi connectivity index (χ1) is 7.38. The number of nitrogen functional groups attached to an aromatic ring is 1. The molecule has 84 valence electrons. The smallest absolute Gasteiger partial charge is 0.181 e. The lowest BCUT2D eigenvalue weighted by Crippen LogP contribution is -2.19.